The van der Waals surface area contributed by atoms with Crippen LogP contribution in [0.4, 0.5) is 15.8 Å². The Balaban J connectivity index is 1.67. The molecule has 2 amide bonds. The molecule has 2 aromatic carbocycles. The summed E-state index contributed by atoms with van der Waals surface area (Å²) in [4.78, 5) is 43.7. The molecule has 10 nitrogen and oxygen atoms in total. The molecule has 216 valence electrons. The van der Waals surface area contributed by atoms with Crippen molar-refractivity contribution in [2.75, 3.05) is 30.6 Å². The van der Waals surface area contributed by atoms with E-state index in [4.69, 9.17) is 26.1 Å². The Bertz CT molecular complexity index is 1770. The van der Waals surface area contributed by atoms with Crippen molar-refractivity contribution in [1.82, 2.24) is 19.5 Å². The molecule has 1 unspecified atom stereocenters. The van der Waals surface area contributed by atoms with E-state index in [2.05, 4.69) is 15.3 Å². The number of methoxy groups -OCH3 is 1. The maximum atomic E-state index is 14.5. The molecule has 1 atom stereocenters. The van der Waals surface area contributed by atoms with E-state index in [9.17, 15) is 14.0 Å². The Morgan fingerprint density at radius 2 is 1.90 bits per heavy atom. The van der Waals surface area contributed by atoms with Gasteiger partial charge in [-0.1, -0.05) is 29.8 Å². The number of hydrogen-bond acceptors (Lipinski definition) is 7. The first kappa shape index (κ1) is 27.6. The number of carbonyl (C=O) groups is 2. The highest BCUT2D eigenvalue weighted by Crippen LogP contribution is 2.55. The standard InChI is InChI=1S/C30H28ClFN6O4/c1-15(2)37-24-23(35-25(37)19-14-33-29(42-11-10-32)36-26(19)41-5)27(39)38(22-13-18(31)8-7-17(22)4)30(24)20-9-6-16(3)12-21(20)34-28(30)40/h6-9,12-15H,10-11H2,1-5H3,(H,34,40). The summed E-state index contributed by atoms with van der Waals surface area (Å²) in [5.41, 5.74) is 2.77. The molecule has 1 N–H and O–H groups in total. The Morgan fingerprint density at radius 1 is 1.12 bits per heavy atom. The molecule has 42 heavy (non-hydrogen) atoms. The SMILES string of the molecule is COc1nc(OCCF)ncc1-c1nc2c(n1C(C)C)C1(C(=O)Nc3cc(C)ccc31)N(c1cc(Cl)ccc1C)C2=O. The van der Waals surface area contributed by atoms with Crippen LogP contribution in [-0.2, 0) is 10.3 Å². The number of halogens is 2. The molecular formula is C30H28ClFN6O4. The fraction of sp³-hybridized carbons (Fsp3) is 0.300. The lowest BCUT2D eigenvalue weighted by Crippen LogP contribution is -2.51. The fourth-order valence-electron chi connectivity index (χ4n) is 5.83. The van der Waals surface area contributed by atoms with Gasteiger partial charge in [0.05, 0.1) is 24.1 Å². The number of alkyl halides is 1. The lowest BCUT2D eigenvalue weighted by molar-refractivity contribution is -0.119. The molecule has 2 aliphatic rings. The van der Waals surface area contributed by atoms with Gasteiger partial charge in [0.1, 0.15) is 19.1 Å². The predicted molar refractivity (Wildman–Crippen MR) is 155 cm³/mol. The number of amides is 2. The maximum absolute atomic E-state index is 14.5. The third-order valence-corrected chi connectivity index (χ3v) is 7.77. The summed E-state index contributed by atoms with van der Waals surface area (Å²) in [6.45, 7) is 6.76. The lowest BCUT2D eigenvalue weighted by atomic mass is 9.86. The van der Waals surface area contributed by atoms with Crippen molar-refractivity contribution in [3.8, 4) is 23.3 Å². The van der Waals surface area contributed by atoms with Gasteiger partial charge in [0.25, 0.3) is 11.8 Å². The zero-order valence-electron chi connectivity index (χ0n) is 23.7. The van der Waals surface area contributed by atoms with E-state index < -0.39 is 18.1 Å². The van der Waals surface area contributed by atoms with Gasteiger partial charge in [0.2, 0.25) is 5.88 Å². The molecule has 0 saturated heterocycles. The molecule has 4 aromatic rings. The number of aryl methyl sites for hydroxylation is 2. The summed E-state index contributed by atoms with van der Waals surface area (Å²) in [6, 6.07) is 10.6. The van der Waals surface area contributed by atoms with Crippen LogP contribution in [0.25, 0.3) is 11.4 Å². The molecule has 0 fully saturated rings. The molecular weight excluding hydrogens is 563 g/mol. The number of nitrogens with one attached hydrogen (secondary N) is 1. The number of imidazole rings is 1. The number of aromatic nitrogens is 4. The molecule has 0 saturated carbocycles. The van der Waals surface area contributed by atoms with Gasteiger partial charge in [-0.2, -0.15) is 4.98 Å². The number of fused-ring (bicyclic) bond motifs is 4. The number of benzene rings is 2. The van der Waals surface area contributed by atoms with Crippen LogP contribution >= 0.6 is 11.6 Å². The van der Waals surface area contributed by atoms with Gasteiger partial charge >= 0.3 is 6.01 Å². The first-order valence-corrected chi connectivity index (χ1v) is 13.8. The molecule has 2 aromatic heterocycles. The van der Waals surface area contributed by atoms with E-state index in [0.29, 0.717) is 39.0 Å². The number of nitrogens with zero attached hydrogens (tertiary/aromatic N) is 5. The second kappa shape index (κ2) is 10.1. The fourth-order valence-corrected chi connectivity index (χ4v) is 5.99. The molecule has 0 radical (unpaired) electrons. The van der Waals surface area contributed by atoms with Crippen molar-refractivity contribution in [3.63, 3.8) is 0 Å². The van der Waals surface area contributed by atoms with Gasteiger partial charge in [0.15, 0.2) is 11.2 Å². The van der Waals surface area contributed by atoms with Crippen molar-refractivity contribution in [1.29, 1.82) is 0 Å². The molecule has 2 aliphatic heterocycles. The van der Waals surface area contributed by atoms with E-state index >= 15 is 0 Å². The van der Waals surface area contributed by atoms with Crippen molar-refractivity contribution < 1.29 is 23.5 Å². The van der Waals surface area contributed by atoms with Crippen LogP contribution in [0.2, 0.25) is 5.02 Å². The van der Waals surface area contributed by atoms with Gasteiger partial charge in [-0.25, -0.2) is 14.4 Å². The molecule has 6 rings (SSSR count). The number of rotatable bonds is 7. The largest absolute Gasteiger partial charge is 0.480 e. The van der Waals surface area contributed by atoms with E-state index in [1.165, 1.54) is 18.2 Å². The third-order valence-electron chi connectivity index (χ3n) is 7.54. The zero-order chi connectivity index (χ0) is 29.9. The molecule has 0 bridgehead atoms. The van der Waals surface area contributed by atoms with Crippen LogP contribution in [0, 0.1) is 13.8 Å². The first-order chi connectivity index (χ1) is 20.1. The summed E-state index contributed by atoms with van der Waals surface area (Å²) >= 11 is 6.43. The van der Waals surface area contributed by atoms with Gasteiger partial charge in [0, 0.05) is 28.5 Å². The Hall–Kier alpha value is -4.51. The van der Waals surface area contributed by atoms with Crippen LogP contribution in [0.3, 0.4) is 0 Å². The van der Waals surface area contributed by atoms with Gasteiger partial charge in [-0.05, 0) is 57.0 Å². The highest BCUT2D eigenvalue weighted by Gasteiger charge is 2.64. The van der Waals surface area contributed by atoms with Crippen LogP contribution in [0.1, 0.15) is 52.8 Å². The van der Waals surface area contributed by atoms with Crippen LogP contribution in [0.5, 0.6) is 11.9 Å². The van der Waals surface area contributed by atoms with Gasteiger partial charge in [-0.15, -0.1) is 0 Å². The van der Waals surface area contributed by atoms with E-state index in [1.54, 1.807) is 12.1 Å². The smallest absolute Gasteiger partial charge is 0.319 e. The van der Waals surface area contributed by atoms with E-state index in [-0.39, 0.29) is 36.1 Å². The highest BCUT2D eigenvalue weighted by molar-refractivity contribution is 6.31. The molecule has 4 heterocycles. The predicted octanol–water partition coefficient (Wildman–Crippen LogP) is 5.40. The summed E-state index contributed by atoms with van der Waals surface area (Å²) < 4.78 is 25.3. The average Bonchev–Trinajstić information content (AvgIpc) is 3.57. The first-order valence-electron chi connectivity index (χ1n) is 13.4. The number of hydrogen-bond donors (Lipinski definition) is 1. The Kier molecular flexibility index (Phi) is 6.64. The minimum absolute atomic E-state index is 0.0573. The highest BCUT2D eigenvalue weighted by atomic mass is 35.5. The summed E-state index contributed by atoms with van der Waals surface area (Å²) in [6.07, 6.45) is 1.46. The minimum Gasteiger partial charge on any atom is -0.480 e. The lowest BCUT2D eigenvalue weighted by Gasteiger charge is -2.36. The topological polar surface area (TPSA) is 111 Å². The Morgan fingerprint density at radius 3 is 2.62 bits per heavy atom. The van der Waals surface area contributed by atoms with Gasteiger partial charge in [-0.3, -0.25) is 14.5 Å². The molecule has 0 aliphatic carbocycles. The quantitative estimate of drug-likeness (QED) is 0.306. The second-order valence-electron chi connectivity index (χ2n) is 10.5. The van der Waals surface area contributed by atoms with Gasteiger partial charge < -0.3 is 19.4 Å². The summed E-state index contributed by atoms with van der Waals surface area (Å²) in [5, 5.41) is 3.45. The summed E-state index contributed by atoms with van der Waals surface area (Å²) in [7, 11) is 1.43. The van der Waals surface area contributed by atoms with Crippen LogP contribution in [-0.4, -0.2) is 51.7 Å². The monoisotopic (exact) mass is 590 g/mol. The average molecular weight is 591 g/mol. The van der Waals surface area contributed by atoms with E-state index in [1.807, 2.05) is 56.5 Å². The van der Waals surface area contributed by atoms with Crippen LogP contribution < -0.4 is 19.7 Å². The normalized spacial score (nSPS) is 17.2. The van der Waals surface area contributed by atoms with E-state index in [0.717, 1.165) is 11.1 Å². The zero-order valence-corrected chi connectivity index (χ0v) is 24.4. The maximum Gasteiger partial charge on any atom is 0.319 e. The summed E-state index contributed by atoms with van der Waals surface area (Å²) in [5.74, 6) is -0.378. The van der Waals surface area contributed by atoms with Crippen molar-refractivity contribution in [3.05, 3.63) is 75.7 Å². The van der Waals surface area contributed by atoms with Crippen molar-refractivity contribution >= 4 is 34.8 Å². The third kappa shape index (κ3) is 3.87. The Labute approximate surface area is 246 Å². The number of anilines is 2. The van der Waals surface area contributed by atoms with Crippen molar-refractivity contribution in [2.24, 2.45) is 0 Å². The minimum atomic E-state index is -1.58. The number of carbonyl (C=O) groups excluding carboxylic acids is 2. The van der Waals surface area contributed by atoms with Crippen molar-refractivity contribution in [2.45, 2.75) is 39.3 Å². The molecule has 12 heteroatoms. The number of ether oxygens (including phenoxy) is 2. The van der Waals surface area contributed by atoms with Crippen LogP contribution in [0.15, 0.2) is 42.6 Å². The second-order valence-corrected chi connectivity index (χ2v) is 10.9. The molecule has 1 spiro atoms.